The number of nitrogens with zero attached hydrogens (tertiary/aromatic N) is 1. The summed E-state index contributed by atoms with van der Waals surface area (Å²) >= 11 is 1.58. The van der Waals surface area contributed by atoms with E-state index in [2.05, 4.69) is 71.7 Å². The van der Waals surface area contributed by atoms with Gasteiger partial charge in [-0.1, -0.05) is 48.5 Å². The van der Waals surface area contributed by atoms with Gasteiger partial charge in [-0.3, -0.25) is 4.79 Å². The first kappa shape index (κ1) is 30.8. The molecule has 1 amide bonds. The smallest absolute Gasteiger partial charge is 0.326 e. The van der Waals surface area contributed by atoms with Crippen molar-refractivity contribution in [3.05, 3.63) is 89.5 Å². The highest BCUT2D eigenvalue weighted by Crippen LogP contribution is 2.61. The second kappa shape index (κ2) is 13.4. The molecule has 0 heterocycles. The molecule has 4 bridgehead atoms. The number of hydrogen-bond acceptors (Lipinski definition) is 4. The van der Waals surface area contributed by atoms with Crippen LogP contribution in [0.3, 0.4) is 0 Å². The maximum Gasteiger partial charge on any atom is 0.326 e. The number of carboxylic acid groups (broad SMARTS) is 1. The number of amides is 1. The summed E-state index contributed by atoms with van der Waals surface area (Å²) in [6.45, 7) is 3.83. The van der Waals surface area contributed by atoms with Gasteiger partial charge in [-0.2, -0.15) is 11.8 Å². The molecule has 0 spiro atoms. The summed E-state index contributed by atoms with van der Waals surface area (Å²) in [6, 6.07) is 24.0. The molecule has 4 saturated carbocycles. The Morgan fingerprint density at radius 1 is 0.932 bits per heavy atom. The van der Waals surface area contributed by atoms with Gasteiger partial charge in [0.15, 0.2) is 0 Å². The van der Waals surface area contributed by atoms with Gasteiger partial charge in [0.2, 0.25) is 0 Å². The first-order valence-electron chi connectivity index (χ1n) is 16.3. The molecule has 5 nitrogen and oxygen atoms in total. The Bertz CT molecular complexity index is 1440. The molecular weight excluding hydrogens is 564 g/mol. The highest BCUT2D eigenvalue weighted by atomic mass is 32.2. The van der Waals surface area contributed by atoms with Gasteiger partial charge < -0.3 is 15.3 Å². The molecule has 0 unspecified atom stereocenters. The molecule has 0 radical (unpaired) electrons. The minimum Gasteiger partial charge on any atom is -0.480 e. The molecule has 7 rings (SSSR count). The van der Waals surface area contributed by atoms with E-state index in [-0.39, 0.29) is 5.91 Å². The number of aliphatic carboxylic acids is 1. The van der Waals surface area contributed by atoms with Crippen LogP contribution in [0, 0.1) is 30.1 Å². The molecule has 4 fully saturated rings. The van der Waals surface area contributed by atoms with Gasteiger partial charge in [-0.05, 0) is 140 Å². The molecule has 1 atom stereocenters. The lowest BCUT2D eigenvalue weighted by Gasteiger charge is -2.57. The third kappa shape index (κ3) is 6.86. The van der Waals surface area contributed by atoms with Crippen molar-refractivity contribution in [2.75, 3.05) is 23.5 Å². The first-order valence-corrected chi connectivity index (χ1v) is 17.7. The van der Waals surface area contributed by atoms with Crippen LogP contribution in [0.2, 0.25) is 0 Å². The Balaban J connectivity index is 1.28. The average Bonchev–Trinajstić information content (AvgIpc) is 3.01. The van der Waals surface area contributed by atoms with Crippen molar-refractivity contribution in [2.24, 2.45) is 23.2 Å². The summed E-state index contributed by atoms with van der Waals surface area (Å²) < 4.78 is 0. The van der Waals surface area contributed by atoms with Gasteiger partial charge in [-0.25, -0.2) is 4.79 Å². The van der Waals surface area contributed by atoms with E-state index < -0.39 is 12.0 Å². The third-order valence-electron chi connectivity index (χ3n) is 10.5. The number of rotatable bonds is 13. The van der Waals surface area contributed by atoms with Gasteiger partial charge in [0.25, 0.3) is 5.91 Å². The predicted molar refractivity (Wildman–Crippen MR) is 181 cm³/mol. The summed E-state index contributed by atoms with van der Waals surface area (Å²) in [5, 5.41) is 12.6. The topological polar surface area (TPSA) is 69.6 Å². The molecule has 232 valence electrons. The molecule has 0 aromatic heterocycles. The monoisotopic (exact) mass is 610 g/mol. The van der Waals surface area contributed by atoms with Crippen molar-refractivity contribution in [2.45, 2.75) is 70.9 Å². The minimum absolute atomic E-state index is 0.343. The lowest BCUT2D eigenvalue weighted by Crippen LogP contribution is -2.47. The largest absolute Gasteiger partial charge is 0.480 e. The Kier molecular flexibility index (Phi) is 9.37. The number of carbonyl (C=O) groups excluding carboxylic acids is 1. The number of para-hydroxylation sites is 1. The summed E-state index contributed by atoms with van der Waals surface area (Å²) in [4.78, 5) is 28.0. The zero-order chi connectivity index (χ0) is 30.7. The van der Waals surface area contributed by atoms with Crippen LogP contribution >= 0.6 is 11.8 Å². The number of carbonyl (C=O) groups is 2. The van der Waals surface area contributed by atoms with Crippen molar-refractivity contribution in [1.82, 2.24) is 5.32 Å². The van der Waals surface area contributed by atoms with E-state index in [1.807, 2.05) is 24.5 Å². The fraction of sp³-hybridized carbons (Fsp3) is 0.474. The van der Waals surface area contributed by atoms with Crippen LogP contribution in [0.4, 0.5) is 5.69 Å². The minimum atomic E-state index is -1.00. The second-order valence-electron chi connectivity index (χ2n) is 13.8. The standard InChI is InChI=1S/C38H46N2O3S/c1-26-8-6-7-11-32(26)34-21-27(12-13-33(34)36(41)39-35(37(42)43)14-17-44-2)25-40(31-9-4-3-5-10-31)16-15-38-22-28-18-29(23-38)20-30(19-28)24-38/h3-13,21,28-30,35H,14-20,22-25H2,1-2H3,(H,39,41)(H,42,43)/t28?,29?,30?,35-,38?/m0/s1. The van der Waals surface area contributed by atoms with Crippen molar-refractivity contribution in [3.63, 3.8) is 0 Å². The van der Waals surface area contributed by atoms with E-state index in [0.717, 1.165) is 53.1 Å². The number of nitrogens with one attached hydrogen (secondary N) is 1. The van der Waals surface area contributed by atoms with Gasteiger partial charge in [-0.15, -0.1) is 0 Å². The maximum atomic E-state index is 13.6. The van der Waals surface area contributed by atoms with Gasteiger partial charge >= 0.3 is 5.97 Å². The molecule has 6 heteroatoms. The van der Waals surface area contributed by atoms with Crippen molar-refractivity contribution < 1.29 is 14.7 Å². The van der Waals surface area contributed by atoms with E-state index in [1.165, 1.54) is 50.6 Å². The summed E-state index contributed by atoms with van der Waals surface area (Å²) in [7, 11) is 0. The SMILES string of the molecule is CSCC[C@H](NC(=O)c1ccc(CN(CCC23CC4CC(CC(C4)C2)C3)c2ccccc2)cc1-c1ccccc1C)C(=O)O. The summed E-state index contributed by atoms with van der Waals surface area (Å²) in [5.74, 6) is 2.16. The number of carboxylic acids is 1. The second-order valence-corrected chi connectivity index (χ2v) is 14.8. The highest BCUT2D eigenvalue weighted by Gasteiger charge is 2.50. The van der Waals surface area contributed by atoms with Crippen molar-refractivity contribution in [1.29, 1.82) is 0 Å². The Morgan fingerprint density at radius 3 is 2.23 bits per heavy atom. The Hall–Kier alpha value is -3.25. The summed E-state index contributed by atoms with van der Waals surface area (Å²) in [6.07, 6.45) is 12.2. The molecule has 4 aliphatic carbocycles. The molecule has 3 aromatic rings. The highest BCUT2D eigenvalue weighted by molar-refractivity contribution is 7.98. The van der Waals surface area contributed by atoms with Crippen LogP contribution in [-0.2, 0) is 11.3 Å². The van der Waals surface area contributed by atoms with Crippen LogP contribution in [0.25, 0.3) is 11.1 Å². The number of benzene rings is 3. The predicted octanol–water partition coefficient (Wildman–Crippen LogP) is 8.21. The van der Waals surface area contributed by atoms with E-state index in [1.54, 1.807) is 11.8 Å². The third-order valence-corrected chi connectivity index (χ3v) is 11.2. The molecule has 3 aromatic carbocycles. The van der Waals surface area contributed by atoms with Gasteiger partial charge in [0.1, 0.15) is 6.04 Å². The van der Waals surface area contributed by atoms with E-state index in [0.29, 0.717) is 23.2 Å². The quantitative estimate of drug-likeness (QED) is 0.204. The van der Waals surface area contributed by atoms with E-state index in [9.17, 15) is 14.7 Å². The Labute approximate surface area is 266 Å². The normalized spacial score (nSPS) is 24.2. The Morgan fingerprint density at radius 2 is 1.59 bits per heavy atom. The lowest BCUT2D eigenvalue weighted by atomic mass is 9.49. The fourth-order valence-electron chi connectivity index (χ4n) is 8.84. The van der Waals surface area contributed by atoms with Crippen molar-refractivity contribution >= 4 is 29.3 Å². The maximum absolute atomic E-state index is 13.6. The number of thioether (sulfide) groups is 1. The molecule has 0 saturated heterocycles. The van der Waals surface area contributed by atoms with Crippen LogP contribution < -0.4 is 10.2 Å². The summed E-state index contributed by atoms with van der Waals surface area (Å²) in [5.41, 5.74) is 6.32. The van der Waals surface area contributed by atoms with Crippen LogP contribution in [0.15, 0.2) is 72.8 Å². The van der Waals surface area contributed by atoms with Gasteiger partial charge in [0, 0.05) is 24.3 Å². The van der Waals surface area contributed by atoms with Gasteiger partial charge in [0.05, 0.1) is 0 Å². The zero-order valence-electron chi connectivity index (χ0n) is 26.1. The number of anilines is 1. The first-order chi connectivity index (χ1) is 21.3. The van der Waals surface area contributed by atoms with Crippen LogP contribution in [-0.4, -0.2) is 41.6 Å². The van der Waals surface area contributed by atoms with E-state index in [4.69, 9.17) is 0 Å². The van der Waals surface area contributed by atoms with Crippen LogP contribution in [0.5, 0.6) is 0 Å². The molecule has 2 N–H and O–H groups in total. The molecule has 44 heavy (non-hydrogen) atoms. The van der Waals surface area contributed by atoms with E-state index >= 15 is 0 Å². The number of hydrogen-bond donors (Lipinski definition) is 2. The fourth-order valence-corrected chi connectivity index (χ4v) is 9.31. The zero-order valence-corrected chi connectivity index (χ0v) is 27.0. The molecular formula is C38H46N2O3S. The lowest BCUT2D eigenvalue weighted by molar-refractivity contribution is -0.139. The number of aryl methyl sites for hydroxylation is 1. The average molecular weight is 611 g/mol. The molecule has 4 aliphatic rings. The molecule has 0 aliphatic heterocycles. The van der Waals surface area contributed by atoms with Crippen molar-refractivity contribution in [3.8, 4) is 11.1 Å². The van der Waals surface area contributed by atoms with Crippen LogP contribution in [0.1, 0.15) is 72.9 Å².